The van der Waals surface area contributed by atoms with Gasteiger partial charge in [-0.3, -0.25) is 14.9 Å². The number of benzene rings is 1. The van der Waals surface area contributed by atoms with Crippen LogP contribution in [0.2, 0.25) is 0 Å². The number of rotatable bonds is 4. The summed E-state index contributed by atoms with van der Waals surface area (Å²) in [6, 6.07) is 3.75. The van der Waals surface area contributed by atoms with Gasteiger partial charge in [0.05, 0.1) is 10.6 Å². The molecule has 0 aromatic heterocycles. The highest BCUT2D eigenvalue weighted by atomic mass is 16.6. The van der Waals surface area contributed by atoms with Crippen molar-refractivity contribution < 1.29 is 19.6 Å². The van der Waals surface area contributed by atoms with E-state index in [4.69, 9.17) is 5.11 Å². The van der Waals surface area contributed by atoms with Crippen LogP contribution in [0.25, 0.3) is 0 Å². The fourth-order valence-corrected chi connectivity index (χ4v) is 1.70. The Balaban J connectivity index is 3.13. The van der Waals surface area contributed by atoms with Crippen molar-refractivity contribution in [1.82, 2.24) is 0 Å². The van der Waals surface area contributed by atoms with Gasteiger partial charge in [-0.1, -0.05) is 26.8 Å². The lowest BCUT2D eigenvalue weighted by atomic mass is 9.92. The molecule has 0 aliphatic heterocycles. The molecule has 0 saturated heterocycles. The molecule has 0 bridgehead atoms. The maximum atomic E-state index is 11.8. The maximum absolute atomic E-state index is 11.8. The van der Waals surface area contributed by atoms with E-state index in [0.717, 1.165) is 6.07 Å². The minimum atomic E-state index is -1.46. The highest BCUT2D eigenvalue weighted by Crippen LogP contribution is 2.27. The number of amides is 1. The van der Waals surface area contributed by atoms with Gasteiger partial charge in [0.1, 0.15) is 0 Å². The van der Waals surface area contributed by atoms with Crippen molar-refractivity contribution in [2.75, 3.05) is 5.32 Å². The third kappa shape index (κ3) is 4.04. The first-order valence-corrected chi connectivity index (χ1v) is 5.92. The second-order valence-corrected chi connectivity index (χ2v) is 5.55. The van der Waals surface area contributed by atoms with Gasteiger partial charge in [0.2, 0.25) is 5.91 Å². The topological polar surface area (TPSA) is 110 Å². The van der Waals surface area contributed by atoms with Gasteiger partial charge in [0.25, 0.3) is 5.69 Å². The van der Waals surface area contributed by atoms with E-state index in [9.17, 15) is 19.7 Å². The lowest BCUT2D eigenvalue weighted by Crippen LogP contribution is -2.21. The van der Waals surface area contributed by atoms with Crippen LogP contribution in [0.4, 0.5) is 11.4 Å². The van der Waals surface area contributed by atoms with Gasteiger partial charge in [-0.05, 0) is 11.5 Å². The molecular formula is C13H16N2O5. The largest absolute Gasteiger partial charge is 0.477 e. The molecule has 1 aromatic carbocycles. The van der Waals surface area contributed by atoms with Gasteiger partial charge < -0.3 is 10.4 Å². The molecule has 2 N–H and O–H groups in total. The first-order chi connectivity index (χ1) is 9.11. The Kier molecular flexibility index (Phi) is 4.44. The normalized spacial score (nSPS) is 10.9. The Morgan fingerprint density at radius 1 is 1.35 bits per heavy atom. The maximum Gasteiger partial charge on any atom is 0.344 e. The molecule has 108 valence electrons. The molecule has 0 fully saturated rings. The van der Waals surface area contributed by atoms with Crippen molar-refractivity contribution in [1.29, 1.82) is 0 Å². The van der Waals surface area contributed by atoms with Crippen molar-refractivity contribution in [3.05, 3.63) is 33.9 Å². The number of nitrogens with zero attached hydrogens (tertiary/aromatic N) is 1. The van der Waals surface area contributed by atoms with Crippen LogP contribution < -0.4 is 5.32 Å². The summed E-state index contributed by atoms with van der Waals surface area (Å²) < 4.78 is 0. The Morgan fingerprint density at radius 2 is 1.95 bits per heavy atom. The van der Waals surface area contributed by atoms with Crippen molar-refractivity contribution in [2.45, 2.75) is 27.2 Å². The van der Waals surface area contributed by atoms with E-state index in [1.807, 2.05) is 20.8 Å². The predicted molar refractivity (Wildman–Crippen MR) is 72.8 cm³/mol. The van der Waals surface area contributed by atoms with Crippen molar-refractivity contribution in [2.24, 2.45) is 5.41 Å². The number of carboxylic acids is 1. The summed E-state index contributed by atoms with van der Waals surface area (Å²) in [7, 11) is 0. The molecule has 1 aromatic rings. The number of carbonyl (C=O) groups is 2. The Hall–Kier alpha value is -2.44. The Bertz CT molecular complexity index is 560. The first-order valence-electron chi connectivity index (χ1n) is 5.92. The fraction of sp³-hybridized carbons (Fsp3) is 0.385. The molecule has 0 heterocycles. The van der Waals surface area contributed by atoms with Crippen LogP contribution in [0.5, 0.6) is 0 Å². The highest BCUT2D eigenvalue weighted by Gasteiger charge is 2.25. The molecule has 0 atom stereocenters. The summed E-state index contributed by atoms with van der Waals surface area (Å²) in [5, 5.41) is 22.3. The van der Waals surface area contributed by atoms with Gasteiger partial charge in [0.15, 0.2) is 5.56 Å². The van der Waals surface area contributed by atoms with E-state index in [0.29, 0.717) is 0 Å². The van der Waals surface area contributed by atoms with Crippen molar-refractivity contribution in [3.63, 3.8) is 0 Å². The zero-order valence-electron chi connectivity index (χ0n) is 11.5. The van der Waals surface area contributed by atoms with Crippen LogP contribution >= 0.6 is 0 Å². The molecule has 7 nitrogen and oxygen atoms in total. The summed E-state index contributed by atoms with van der Waals surface area (Å²) in [4.78, 5) is 33.0. The van der Waals surface area contributed by atoms with E-state index in [1.54, 1.807) is 0 Å². The van der Waals surface area contributed by atoms with Crippen LogP contribution in [0, 0.1) is 15.5 Å². The number of nitro benzene ring substituents is 1. The highest BCUT2D eigenvalue weighted by molar-refractivity contribution is 6.03. The monoisotopic (exact) mass is 280 g/mol. The molecule has 0 unspecified atom stereocenters. The second kappa shape index (κ2) is 5.68. The molecule has 7 heteroatoms. The molecule has 0 aliphatic carbocycles. The third-order valence-electron chi connectivity index (χ3n) is 2.42. The zero-order chi connectivity index (χ0) is 15.5. The van der Waals surface area contributed by atoms with Crippen LogP contribution in [-0.4, -0.2) is 21.9 Å². The van der Waals surface area contributed by atoms with Gasteiger partial charge in [-0.15, -0.1) is 0 Å². The number of carbonyl (C=O) groups excluding carboxylic acids is 1. The minimum Gasteiger partial charge on any atom is -0.477 e. The standard InChI is InChI=1S/C13H16N2O5/c1-13(2,3)7-10(16)14-8-5-4-6-9(15(19)20)11(8)12(17)18/h4-6H,7H2,1-3H3,(H,14,16)(H,17,18). The van der Waals surface area contributed by atoms with Crippen molar-refractivity contribution in [3.8, 4) is 0 Å². The first kappa shape index (κ1) is 15.6. The van der Waals surface area contributed by atoms with Gasteiger partial charge in [-0.2, -0.15) is 0 Å². The van der Waals surface area contributed by atoms with Crippen LogP contribution in [0.3, 0.4) is 0 Å². The Labute approximate surface area is 115 Å². The lowest BCUT2D eigenvalue weighted by Gasteiger charge is -2.17. The summed E-state index contributed by atoms with van der Waals surface area (Å²) >= 11 is 0. The second-order valence-electron chi connectivity index (χ2n) is 5.55. The number of nitro groups is 1. The minimum absolute atomic E-state index is 0.0686. The summed E-state index contributed by atoms with van der Waals surface area (Å²) in [6.45, 7) is 5.58. The number of aromatic carboxylic acids is 1. The number of nitrogens with one attached hydrogen (secondary N) is 1. The number of carboxylic acid groups (broad SMARTS) is 1. The summed E-state index contributed by atoms with van der Waals surface area (Å²) in [5.41, 5.74) is -1.40. The predicted octanol–water partition coefficient (Wildman–Crippen LogP) is 2.67. The smallest absolute Gasteiger partial charge is 0.344 e. The van der Waals surface area contributed by atoms with Crippen LogP contribution in [0.15, 0.2) is 18.2 Å². The SMILES string of the molecule is CC(C)(C)CC(=O)Nc1cccc([N+](=O)[O-])c1C(=O)O. The molecule has 0 radical (unpaired) electrons. The summed E-state index contributed by atoms with van der Waals surface area (Å²) in [6.07, 6.45) is 0.175. The average Bonchev–Trinajstić information content (AvgIpc) is 2.25. The third-order valence-corrected chi connectivity index (χ3v) is 2.42. The molecular weight excluding hydrogens is 264 g/mol. The lowest BCUT2D eigenvalue weighted by molar-refractivity contribution is -0.385. The van der Waals surface area contributed by atoms with E-state index < -0.39 is 22.1 Å². The van der Waals surface area contributed by atoms with E-state index in [2.05, 4.69) is 5.32 Å². The van der Waals surface area contributed by atoms with Gasteiger partial charge in [-0.25, -0.2) is 4.79 Å². The Morgan fingerprint density at radius 3 is 2.40 bits per heavy atom. The average molecular weight is 280 g/mol. The molecule has 1 rings (SSSR count). The van der Waals surface area contributed by atoms with Gasteiger partial charge >= 0.3 is 5.97 Å². The fourth-order valence-electron chi connectivity index (χ4n) is 1.70. The van der Waals surface area contributed by atoms with Crippen LogP contribution in [-0.2, 0) is 4.79 Å². The molecule has 20 heavy (non-hydrogen) atoms. The molecule has 1 amide bonds. The zero-order valence-corrected chi connectivity index (χ0v) is 11.5. The molecule has 0 saturated carbocycles. The van der Waals surface area contributed by atoms with E-state index in [-0.39, 0.29) is 23.4 Å². The van der Waals surface area contributed by atoms with Crippen LogP contribution in [0.1, 0.15) is 37.6 Å². The summed E-state index contributed by atoms with van der Waals surface area (Å²) in [5.74, 6) is -1.84. The van der Waals surface area contributed by atoms with Crippen molar-refractivity contribution >= 4 is 23.3 Å². The number of hydrogen-bond acceptors (Lipinski definition) is 4. The van der Waals surface area contributed by atoms with E-state index >= 15 is 0 Å². The van der Waals surface area contributed by atoms with E-state index in [1.165, 1.54) is 12.1 Å². The molecule has 0 aliphatic rings. The quantitative estimate of drug-likeness (QED) is 0.650. The molecule has 0 spiro atoms. The number of hydrogen-bond donors (Lipinski definition) is 2. The van der Waals surface area contributed by atoms with Gasteiger partial charge in [0, 0.05) is 12.5 Å². The number of anilines is 1.